The van der Waals surface area contributed by atoms with Gasteiger partial charge in [-0.2, -0.15) is 0 Å². The summed E-state index contributed by atoms with van der Waals surface area (Å²) in [4.78, 5) is 25.4. The largest absolute Gasteiger partial charge is 0.390 e. The number of aliphatic hydroxyl groups is 1. The molecule has 5 aliphatic rings. The number of fused-ring (bicyclic) bond motifs is 7. The van der Waals surface area contributed by atoms with Crippen molar-refractivity contribution in [1.82, 2.24) is 0 Å². The van der Waals surface area contributed by atoms with E-state index in [1.54, 1.807) is 13.0 Å². The molecule has 0 aromatic heterocycles. The molecule has 3 saturated carbocycles. The highest BCUT2D eigenvalue weighted by molar-refractivity contribution is 6.01. The van der Waals surface area contributed by atoms with Crippen molar-refractivity contribution >= 4 is 11.6 Å². The van der Waals surface area contributed by atoms with Crippen molar-refractivity contribution < 1.29 is 28.6 Å². The van der Waals surface area contributed by atoms with Crippen LogP contribution in [-0.2, 0) is 19.1 Å². The highest BCUT2D eigenvalue weighted by atomic mass is 19.1. The number of allylic oxidation sites excluding steroid dienone is 4. The number of alkyl halides is 1. The van der Waals surface area contributed by atoms with Crippen LogP contribution in [-0.4, -0.2) is 45.9 Å². The molecule has 0 aromatic rings. The molecule has 4 fully saturated rings. The van der Waals surface area contributed by atoms with Crippen molar-refractivity contribution in [3.63, 3.8) is 0 Å². The normalized spacial score (nSPS) is 50.5. The first kappa shape index (κ1) is 23.8. The van der Waals surface area contributed by atoms with E-state index in [0.29, 0.717) is 25.7 Å². The predicted molar refractivity (Wildman–Crippen MR) is 119 cm³/mol. The van der Waals surface area contributed by atoms with Crippen molar-refractivity contribution in [2.24, 2.45) is 22.7 Å². The van der Waals surface area contributed by atoms with Gasteiger partial charge in [0.2, 0.25) is 0 Å². The highest BCUT2D eigenvalue weighted by Crippen LogP contribution is 2.72. The molecule has 1 saturated heterocycles. The molecule has 8 atom stereocenters. The Morgan fingerprint density at radius 1 is 1.25 bits per heavy atom. The van der Waals surface area contributed by atoms with Crippen LogP contribution in [0.1, 0.15) is 74.1 Å². The summed E-state index contributed by atoms with van der Waals surface area (Å²) in [6.45, 7) is 9.25. The molecule has 32 heavy (non-hydrogen) atoms. The molecule has 5 rings (SSSR count). The number of carbonyl (C=O) groups excluding carboxylic acids is 2. The zero-order valence-corrected chi connectivity index (χ0v) is 19.0. The van der Waals surface area contributed by atoms with Gasteiger partial charge in [-0.05, 0) is 64.5 Å². The van der Waals surface area contributed by atoms with Gasteiger partial charge in [0, 0.05) is 23.2 Å². The Bertz CT molecular complexity index is 923. The quantitative estimate of drug-likeness (QED) is 0.675. The van der Waals surface area contributed by atoms with Crippen molar-refractivity contribution in [2.75, 3.05) is 0 Å². The third kappa shape index (κ3) is 2.49. The second-order valence-corrected chi connectivity index (χ2v) is 11.1. The molecule has 0 spiro atoms. The maximum absolute atomic E-state index is 17.2. The second-order valence-electron chi connectivity index (χ2n) is 11.1. The van der Waals surface area contributed by atoms with Crippen LogP contribution in [0.5, 0.6) is 0 Å². The molecular formula is C26H37FO5. The summed E-state index contributed by atoms with van der Waals surface area (Å²) < 4.78 is 29.8. The van der Waals surface area contributed by atoms with Crippen LogP contribution in [0.2, 0.25) is 0 Å². The number of aliphatic hydroxyl groups excluding tert-OH is 1. The summed E-state index contributed by atoms with van der Waals surface area (Å²) in [7, 11) is 0. The van der Waals surface area contributed by atoms with E-state index in [-0.39, 0.29) is 31.3 Å². The number of ether oxygens (including phenoxy) is 2. The lowest BCUT2D eigenvalue weighted by Gasteiger charge is -2.62. The number of hydrogen-bond acceptors (Lipinski definition) is 5. The lowest BCUT2D eigenvalue weighted by Crippen LogP contribution is -2.69. The average molecular weight is 449 g/mol. The predicted octanol–water partition coefficient (Wildman–Crippen LogP) is 4.47. The van der Waals surface area contributed by atoms with Crippen molar-refractivity contribution in [3.8, 4) is 0 Å². The van der Waals surface area contributed by atoms with E-state index in [1.165, 1.54) is 12.2 Å². The lowest BCUT2D eigenvalue weighted by molar-refractivity contribution is -0.245. The third-order valence-electron chi connectivity index (χ3n) is 9.37. The second kappa shape index (κ2) is 6.83. The van der Waals surface area contributed by atoms with E-state index in [0.717, 1.165) is 5.57 Å². The summed E-state index contributed by atoms with van der Waals surface area (Å²) >= 11 is 0. The fourth-order valence-corrected chi connectivity index (χ4v) is 8.07. The average Bonchev–Trinajstić information content (AvgIpc) is 3.09. The lowest BCUT2D eigenvalue weighted by atomic mass is 9.44. The van der Waals surface area contributed by atoms with E-state index in [4.69, 9.17) is 9.47 Å². The number of halogens is 1. The van der Waals surface area contributed by atoms with Gasteiger partial charge in [0.25, 0.3) is 0 Å². The Labute approximate surface area is 190 Å². The number of carbonyl (C=O) groups is 2. The van der Waals surface area contributed by atoms with Gasteiger partial charge in [-0.3, -0.25) is 9.59 Å². The Morgan fingerprint density at radius 2 is 1.94 bits per heavy atom. The Kier molecular flexibility index (Phi) is 5.08. The minimum absolute atomic E-state index is 0. The SMILES string of the molecule is C.CCC(=O)[C@@]12OC(C)(C)OC1CC1[C@@H]3CCC4=CC(=O)C=C[C@]4(C)C3(F)[C@@H](O)C[C@@]12C. The Balaban J connectivity index is 0.00000245. The molecule has 1 N–H and O–H groups in total. The van der Waals surface area contributed by atoms with Gasteiger partial charge in [0.1, 0.15) is 0 Å². The van der Waals surface area contributed by atoms with E-state index < -0.39 is 46.0 Å². The van der Waals surface area contributed by atoms with Crippen LogP contribution in [0.25, 0.3) is 0 Å². The summed E-state index contributed by atoms with van der Waals surface area (Å²) in [5.41, 5.74) is -4.10. The topological polar surface area (TPSA) is 72.8 Å². The fraction of sp³-hybridized carbons (Fsp3) is 0.769. The van der Waals surface area contributed by atoms with Gasteiger partial charge < -0.3 is 14.6 Å². The molecular weight excluding hydrogens is 411 g/mol. The van der Waals surface area contributed by atoms with Crippen molar-refractivity contribution in [3.05, 3.63) is 23.8 Å². The molecule has 1 heterocycles. The molecule has 0 aromatic carbocycles. The van der Waals surface area contributed by atoms with E-state index in [9.17, 15) is 14.7 Å². The summed E-state index contributed by atoms with van der Waals surface area (Å²) in [5.74, 6) is -1.68. The summed E-state index contributed by atoms with van der Waals surface area (Å²) in [5, 5.41) is 11.4. The third-order valence-corrected chi connectivity index (χ3v) is 9.37. The summed E-state index contributed by atoms with van der Waals surface area (Å²) in [6.07, 6.45) is 4.98. The van der Waals surface area contributed by atoms with E-state index in [1.807, 2.05) is 27.7 Å². The van der Waals surface area contributed by atoms with Gasteiger partial charge in [-0.15, -0.1) is 0 Å². The molecule has 0 radical (unpaired) electrons. The zero-order chi connectivity index (χ0) is 22.6. The highest BCUT2D eigenvalue weighted by Gasteiger charge is 2.79. The van der Waals surface area contributed by atoms with Gasteiger partial charge in [0.15, 0.2) is 28.6 Å². The first-order chi connectivity index (χ1) is 14.4. The van der Waals surface area contributed by atoms with E-state index in [2.05, 4.69) is 0 Å². The molecule has 178 valence electrons. The zero-order valence-electron chi connectivity index (χ0n) is 19.0. The van der Waals surface area contributed by atoms with Crippen LogP contribution >= 0.6 is 0 Å². The Hall–Kier alpha value is -1.37. The van der Waals surface area contributed by atoms with Crippen LogP contribution in [0.3, 0.4) is 0 Å². The number of hydrogen-bond donors (Lipinski definition) is 1. The van der Waals surface area contributed by atoms with Crippen molar-refractivity contribution in [2.45, 2.75) is 103 Å². The summed E-state index contributed by atoms with van der Waals surface area (Å²) in [6, 6.07) is 0. The van der Waals surface area contributed by atoms with Gasteiger partial charge in [0.05, 0.1) is 12.2 Å². The maximum Gasteiger partial charge on any atom is 0.178 e. The van der Waals surface area contributed by atoms with Crippen LogP contribution in [0.4, 0.5) is 4.39 Å². The standard InChI is InChI=1S/C25H33FO5.CH4/c1-6-18(28)25-20(30-21(2,3)31-25)12-17-16-8-7-14-11-15(27)9-10-22(14,4)24(16,26)19(29)13-23(17,25)5;/h9-11,16-17,19-20,29H,6-8,12-13H2,1-5H3;1H4/t16-,17?,19-,20?,22-,23-,24?,25+;/m0./s1. The minimum atomic E-state index is -1.91. The molecule has 6 heteroatoms. The van der Waals surface area contributed by atoms with Gasteiger partial charge in [-0.1, -0.05) is 32.9 Å². The van der Waals surface area contributed by atoms with Crippen LogP contribution in [0.15, 0.2) is 23.8 Å². The van der Waals surface area contributed by atoms with Crippen LogP contribution in [0, 0.1) is 22.7 Å². The molecule has 4 aliphatic carbocycles. The fourth-order valence-electron chi connectivity index (χ4n) is 8.07. The van der Waals surface area contributed by atoms with Crippen LogP contribution < -0.4 is 0 Å². The number of Topliss-reactive ketones (excluding diaryl/α,β-unsaturated/α-hetero) is 1. The van der Waals surface area contributed by atoms with Crippen molar-refractivity contribution in [1.29, 1.82) is 0 Å². The Morgan fingerprint density at radius 3 is 2.59 bits per heavy atom. The van der Waals surface area contributed by atoms with E-state index >= 15 is 4.39 Å². The molecule has 0 bridgehead atoms. The molecule has 1 aliphatic heterocycles. The number of rotatable bonds is 2. The minimum Gasteiger partial charge on any atom is -0.390 e. The molecule has 3 unspecified atom stereocenters. The smallest absolute Gasteiger partial charge is 0.178 e. The van der Waals surface area contributed by atoms with Gasteiger partial charge >= 0.3 is 0 Å². The first-order valence-electron chi connectivity index (χ1n) is 11.6. The van der Waals surface area contributed by atoms with Gasteiger partial charge in [-0.25, -0.2) is 4.39 Å². The molecule has 0 amide bonds. The number of ketones is 2. The monoisotopic (exact) mass is 448 g/mol. The first-order valence-corrected chi connectivity index (χ1v) is 11.6. The molecule has 5 nitrogen and oxygen atoms in total. The maximum atomic E-state index is 17.2.